The van der Waals surface area contributed by atoms with Crippen LogP contribution < -0.4 is 14.2 Å². The molecule has 6 nitrogen and oxygen atoms in total. The molecule has 208 valence electrons. The van der Waals surface area contributed by atoms with Gasteiger partial charge in [-0.05, 0) is 93.8 Å². The van der Waals surface area contributed by atoms with Crippen molar-refractivity contribution in [3.05, 3.63) is 123 Å². The fourth-order valence-corrected chi connectivity index (χ4v) is 5.78. The van der Waals surface area contributed by atoms with Gasteiger partial charge in [-0.15, -0.1) is 0 Å². The summed E-state index contributed by atoms with van der Waals surface area (Å²) in [6, 6.07) is 29.3. The van der Waals surface area contributed by atoms with E-state index in [2.05, 4.69) is 35.0 Å². The summed E-state index contributed by atoms with van der Waals surface area (Å²) in [5.74, 6) is 1.82. The van der Waals surface area contributed by atoms with Crippen LogP contribution in [0.5, 0.6) is 17.2 Å². The number of amidine groups is 1. The first-order chi connectivity index (χ1) is 19.9. The number of halogens is 1. The zero-order valence-electron chi connectivity index (χ0n) is 23.0. The van der Waals surface area contributed by atoms with Crippen LogP contribution in [0.15, 0.2) is 105 Å². The van der Waals surface area contributed by atoms with E-state index in [0.717, 1.165) is 32.6 Å². The molecule has 0 N–H and O–H groups in total. The van der Waals surface area contributed by atoms with Crippen LogP contribution in [-0.2, 0) is 17.9 Å². The lowest BCUT2D eigenvalue weighted by Crippen LogP contribution is -2.28. The molecule has 41 heavy (non-hydrogen) atoms. The molecule has 1 aliphatic rings. The van der Waals surface area contributed by atoms with Gasteiger partial charge in [0.05, 0.1) is 35.8 Å². The molecule has 0 spiro atoms. The van der Waals surface area contributed by atoms with Crippen molar-refractivity contribution in [2.75, 3.05) is 14.2 Å². The Labute approximate surface area is 252 Å². The number of hydrogen-bond acceptors (Lipinski definition) is 6. The van der Waals surface area contributed by atoms with E-state index in [1.54, 1.807) is 19.1 Å². The number of carbonyl (C=O) groups excluding carboxylic acids is 1. The summed E-state index contributed by atoms with van der Waals surface area (Å²) in [6.45, 7) is 2.85. The molecule has 1 fully saturated rings. The van der Waals surface area contributed by atoms with Gasteiger partial charge in [-0.25, -0.2) is 4.99 Å². The molecule has 1 aliphatic heterocycles. The average molecular weight is 630 g/mol. The van der Waals surface area contributed by atoms with Gasteiger partial charge in [-0.3, -0.25) is 9.69 Å². The van der Waals surface area contributed by atoms with Crippen LogP contribution in [0.2, 0.25) is 0 Å². The molecule has 4 aromatic rings. The standard InChI is InChI=1S/C33H29BrN2O4S/c1-22-9-11-24(12-10-22)21-40-31-28(34)17-25(18-29(31)39-3)19-30-32(37)36(20-23-13-15-27(38-2)16-14-23)33(41-30)35-26-7-5-4-6-8-26/h4-19H,20-21H2,1-3H3/b30-19-,35-33?. The fourth-order valence-electron chi connectivity index (χ4n) is 4.21. The summed E-state index contributed by atoms with van der Waals surface area (Å²) in [5, 5.41) is 0.618. The summed E-state index contributed by atoms with van der Waals surface area (Å²) in [5.41, 5.74) is 4.82. The van der Waals surface area contributed by atoms with Gasteiger partial charge in [0.25, 0.3) is 5.91 Å². The Kier molecular flexibility index (Phi) is 9.11. The van der Waals surface area contributed by atoms with E-state index < -0.39 is 0 Å². The third kappa shape index (κ3) is 7.01. The van der Waals surface area contributed by atoms with Crippen molar-refractivity contribution in [1.29, 1.82) is 0 Å². The molecule has 5 rings (SSSR count). The van der Waals surface area contributed by atoms with Crippen molar-refractivity contribution in [3.63, 3.8) is 0 Å². The van der Waals surface area contributed by atoms with Crippen LogP contribution in [0.3, 0.4) is 0 Å². The second-order valence-corrected chi connectivity index (χ2v) is 11.3. The van der Waals surface area contributed by atoms with E-state index in [9.17, 15) is 4.79 Å². The molecule has 0 radical (unpaired) electrons. The Morgan fingerprint density at radius 3 is 2.29 bits per heavy atom. The molecule has 0 saturated carbocycles. The van der Waals surface area contributed by atoms with Gasteiger partial charge in [0.1, 0.15) is 12.4 Å². The van der Waals surface area contributed by atoms with Crippen LogP contribution in [0, 0.1) is 6.92 Å². The Morgan fingerprint density at radius 2 is 1.61 bits per heavy atom. The highest BCUT2D eigenvalue weighted by molar-refractivity contribution is 9.10. The van der Waals surface area contributed by atoms with Gasteiger partial charge in [-0.1, -0.05) is 60.2 Å². The second kappa shape index (κ2) is 13.1. The van der Waals surface area contributed by atoms with Crippen LogP contribution in [0.25, 0.3) is 6.08 Å². The van der Waals surface area contributed by atoms with Crippen molar-refractivity contribution in [2.24, 2.45) is 4.99 Å². The second-order valence-electron chi connectivity index (χ2n) is 9.39. The Morgan fingerprint density at radius 1 is 0.902 bits per heavy atom. The summed E-state index contributed by atoms with van der Waals surface area (Å²) in [6.07, 6.45) is 1.86. The molecule has 0 aromatic heterocycles. The van der Waals surface area contributed by atoms with E-state index in [1.165, 1.54) is 17.3 Å². The number of nitrogens with zero attached hydrogens (tertiary/aromatic N) is 2. The van der Waals surface area contributed by atoms with Crippen LogP contribution in [0.1, 0.15) is 22.3 Å². The van der Waals surface area contributed by atoms with Gasteiger partial charge < -0.3 is 14.2 Å². The maximum absolute atomic E-state index is 13.7. The maximum Gasteiger partial charge on any atom is 0.267 e. The third-order valence-corrected chi connectivity index (χ3v) is 8.02. The molecule has 0 atom stereocenters. The number of aliphatic imine (C=N–C) groups is 1. The number of para-hydroxylation sites is 1. The quantitative estimate of drug-likeness (QED) is 0.175. The SMILES string of the molecule is COc1ccc(CN2C(=O)/C(=C/c3cc(Br)c(OCc4ccc(C)cc4)c(OC)c3)SC2=Nc2ccccc2)cc1. The summed E-state index contributed by atoms with van der Waals surface area (Å²) < 4.78 is 17.8. The van der Waals surface area contributed by atoms with Crippen molar-refractivity contribution in [2.45, 2.75) is 20.1 Å². The van der Waals surface area contributed by atoms with Gasteiger partial charge >= 0.3 is 0 Å². The van der Waals surface area contributed by atoms with Crippen LogP contribution in [-0.4, -0.2) is 30.2 Å². The van der Waals surface area contributed by atoms with Crippen molar-refractivity contribution in [3.8, 4) is 17.2 Å². The van der Waals surface area contributed by atoms with E-state index in [1.807, 2.05) is 84.9 Å². The number of carbonyl (C=O) groups is 1. The number of methoxy groups -OCH3 is 2. The van der Waals surface area contributed by atoms with Crippen molar-refractivity contribution in [1.82, 2.24) is 4.90 Å². The molecule has 1 amide bonds. The minimum absolute atomic E-state index is 0.115. The van der Waals surface area contributed by atoms with Gasteiger partial charge in [0.2, 0.25) is 0 Å². The maximum atomic E-state index is 13.7. The molecule has 8 heteroatoms. The lowest BCUT2D eigenvalue weighted by atomic mass is 10.1. The molecule has 1 saturated heterocycles. The van der Waals surface area contributed by atoms with E-state index >= 15 is 0 Å². The van der Waals surface area contributed by atoms with E-state index in [0.29, 0.717) is 34.7 Å². The number of rotatable bonds is 9. The van der Waals surface area contributed by atoms with E-state index in [-0.39, 0.29) is 5.91 Å². The number of thioether (sulfide) groups is 1. The fraction of sp³-hybridized carbons (Fsp3) is 0.152. The minimum Gasteiger partial charge on any atom is -0.497 e. The lowest BCUT2D eigenvalue weighted by Gasteiger charge is -2.16. The lowest BCUT2D eigenvalue weighted by molar-refractivity contribution is -0.122. The van der Waals surface area contributed by atoms with Crippen molar-refractivity contribution >= 4 is 50.5 Å². The van der Waals surface area contributed by atoms with Gasteiger partial charge in [0.15, 0.2) is 16.7 Å². The molecule has 0 bridgehead atoms. The zero-order valence-corrected chi connectivity index (χ0v) is 25.4. The highest BCUT2D eigenvalue weighted by atomic mass is 79.9. The Bertz CT molecular complexity index is 1590. The topological polar surface area (TPSA) is 60.4 Å². The smallest absolute Gasteiger partial charge is 0.267 e. The number of aryl methyl sites for hydroxylation is 1. The number of amides is 1. The van der Waals surface area contributed by atoms with Gasteiger partial charge in [0, 0.05) is 0 Å². The average Bonchev–Trinajstić information content (AvgIpc) is 3.26. The first kappa shape index (κ1) is 28.5. The Hall–Kier alpha value is -4.01. The summed E-state index contributed by atoms with van der Waals surface area (Å²) >= 11 is 4.99. The van der Waals surface area contributed by atoms with E-state index in [4.69, 9.17) is 19.2 Å². The predicted molar refractivity (Wildman–Crippen MR) is 169 cm³/mol. The first-order valence-electron chi connectivity index (χ1n) is 13.0. The largest absolute Gasteiger partial charge is 0.497 e. The number of benzene rings is 4. The first-order valence-corrected chi connectivity index (χ1v) is 14.6. The molecular formula is C33H29BrN2O4S. The third-order valence-electron chi connectivity index (χ3n) is 6.42. The minimum atomic E-state index is -0.115. The molecular weight excluding hydrogens is 600 g/mol. The highest BCUT2D eigenvalue weighted by Gasteiger charge is 2.33. The summed E-state index contributed by atoms with van der Waals surface area (Å²) in [4.78, 5) is 20.8. The summed E-state index contributed by atoms with van der Waals surface area (Å²) in [7, 11) is 3.24. The predicted octanol–water partition coefficient (Wildman–Crippen LogP) is 8.16. The van der Waals surface area contributed by atoms with Gasteiger partial charge in [-0.2, -0.15) is 0 Å². The number of ether oxygens (including phenoxy) is 3. The molecule has 4 aromatic carbocycles. The zero-order chi connectivity index (χ0) is 28.8. The molecule has 1 heterocycles. The number of hydrogen-bond donors (Lipinski definition) is 0. The van der Waals surface area contributed by atoms with Crippen molar-refractivity contribution < 1.29 is 19.0 Å². The molecule has 0 aliphatic carbocycles. The normalized spacial score (nSPS) is 15.0. The van der Waals surface area contributed by atoms with Crippen LogP contribution >= 0.6 is 27.7 Å². The molecule has 0 unspecified atom stereocenters. The monoisotopic (exact) mass is 628 g/mol. The highest BCUT2D eigenvalue weighted by Crippen LogP contribution is 2.40. The Balaban J connectivity index is 1.42. The van der Waals surface area contributed by atoms with Crippen LogP contribution in [0.4, 0.5) is 5.69 Å².